The Kier molecular flexibility index (Phi) is 5.69. The van der Waals surface area contributed by atoms with Crippen LogP contribution in [0, 0.1) is 6.92 Å². The number of methoxy groups -OCH3 is 1. The van der Waals surface area contributed by atoms with Gasteiger partial charge in [-0.15, -0.1) is 0 Å². The summed E-state index contributed by atoms with van der Waals surface area (Å²) in [5.41, 5.74) is 0.931. The Hall–Kier alpha value is -3.33. The van der Waals surface area contributed by atoms with E-state index in [1.165, 1.54) is 31.4 Å². The lowest BCUT2D eigenvalue weighted by atomic mass is 9.90. The van der Waals surface area contributed by atoms with Crippen molar-refractivity contribution in [1.82, 2.24) is 0 Å². The van der Waals surface area contributed by atoms with E-state index in [2.05, 4.69) is 0 Å². The van der Waals surface area contributed by atoms with Crippen molar-refractivity contribution in [3.63, 3.8) is 0 Å². The highest BCUT2D eigenvalue weighted by Gasteiger charge is 2.49. The molecule has 1 heterocycles. The molecule has 0 amide bonds. The van der Waals surface area contributed by atoms with Gasteiger partial charge in [0.2, 0.25) is 0 Å². The van der Waals surface area contributed by atoms with Gasteiger partial charge >= 0.3 is 12.1 Å². The first-order valence-corrected chi connectivity index (χ1v) is 11.4. The maximum atomic E-state index is 13.8. The summed E-state index contributed by atoms with van der Waals surface area (Å²) >= 11 is 0. The van der Waals surface area contributed by atoms with E-state index < -0.39 is 39.7 Å². The summed E-state index contributed by atoms with van der Waals surface area (Å²) in [6.45, 7) is 1.82. The van der Waals surface area contributed by atoms with Gasteiger partial charge in [-0.2, -0.15) is 13.2 Å². The van der Waals surface area contributed by atoms with E-state index in [9.17, 15) is 26.4 Å². The second kappa shape index (κ2) is 8.22. The number of benzene rings is 3. The van der Waals surface area contributed by atoms with Crippen molar-refractivity contribution in [1.29, 1.82) is 0 Å². The van der Waals surface area contributed by atoms with Crippen molar-refractivity contribution in [3.8, 4) is 0 Å². The predicted octanol–water partition coefficient (Wildman–Crippen LogP) is 5.22. The molecule has 0 fully saturated rings. The van der Waals surface area contributed by atoms with E-state index in [1.54, 1.807) is 36.4 Å². The molecule has 172 valence electrons. The molecule has 0 bridgehead atoms. The molecule has 5 nitrogen and oxygen atoms in total. The van der Waals surface area contributed by atoms with E-state index in [-0.39, 0.29) is 16.1 Å². The van der Waals surface area contributed by atoms with Crippen molar-refractivity contribution in [2.45, 2.75) is 30.0 Å². The number of alkyl halides is 3. The molecule has 1 aliphatic heterocycles. The first-order chi connectivity index (χ1) is 15.6. The molecule has 0 spiro atoms. The normalized spacial score (nSPS) is 18.2. The largest absolute Gasteiger partial charge is 0.468 e. The van der Waals surface area contributed by atoms with Crippen molar-refractivity contribution < 1.29 is 31.1 Å². The molecule has 1 aliphatic rings. The zero-order chi connectivity index (χ0) is 24.0. The highest BCUT2D eigenvalue weighted by Crippen LogP contribution is 2.52. The van der Waals surface area contributed by atoms with Gasteiger partial charge in [0.15, 0.2) is 0 Å². The number of halogens is 3. The zero-order valence-corrected chi connectivity index (χ0v) is 18.5. The standard InChI is InChI=1S/C24H20F3NO4S/c1-15-7-13-18(14-8-15)33(30,31)28-20-6-4-3-5-19(20)21(23(29)32-2)22(28)16-9-11-17(12-10-16)24(25,26)27/h3-14,21-22H,1-2H3/t21-,22+/m0/s1. The van der Waals surface area contributed by atoms with E-state index in [4.69, 9.17) is 4.74 Å². The van der Waals surface area contributed by atoms with Gasteiger partial charge in [-0.1, -0.05) is 48.0 Å². The smallest absolute Gasteiger partial charge is 0.416 e. The number of sulfonamides is 1. The number of hydrogen-bond acceptors (Lipinski definition) is 4. The van der Waals surface area contributed by atoms with Gasteiger partial charge in [-0.3, -0.25) is 9.10 Å². The highest BCUT2D eigenvalue weighted by atomic mass is 32.2. The third kappa shape index (κ3) is 3.97. The Bertz CT molecular complexity index is 1290. The fourth-order valence-corrected chi connectivity index (χ4v) is 5.76. The van der Waals surface area contributed by atoms with E-state index >= 15 is 0 Å². The van der Waals surface area contributed by atoms with Gasteiger partial charge in [0.05, 0.1) is 29.3 Å². The van der Waals surface area contributed by atoms with Crippen molar-refractivity contribution >= 4 is 21.7 Å². The Morgan fingerprint density at radius 3 is 2.12 bits per heavy atom. The number of hydrogen-bond donors (Lipinski definition) is 0. The first kappa shape index (κ1) is 22.8. The van der Waals surface area contributed by atoms with Crippen molar-refractivity contribution in [3.05, 3.63) is 95.1 Å². The summed E-state index contributed by atoms with van der Waals surface area (Å²) in [6, 6.07) is 15.8. The lowest BCUT2D eigenvalue weighted by Gasteiger charge is -2.29. The quantitative estimate of drug-likeness (QED) is 0.486. The van der Waals surface area contributed by atoms with Crippen molar-refractivity contribution in [2.24, 2.45) is 0 Å². The van der Waals surface area contributed by atoms with Crippen LogP contribution >= 0.6 is 0 Å². The molecule has 0 N–H and O–H groups in total. The molecule has 0 saturated carbocycles. The van der Waals surface area contributed by atoms with Gasteiger partial charge in [-0.05, 0) is 48.4 Å². The SMILES string of the molecule is COC(=O)[C@H]1c2ccccc2N(S(=O)(=O)c2ccc(C)cc2)[C@@H]1c1ccc(C(F)(F)F)cc1. The lowest BCUT2D eigenvalue weighted by Crippen LogP contribution is -2.35. The number of fused-ring (bicyclic) bond motifs is 1. The summed E-state index contributed by atoms with van der Waals surface area (Å²) in [6.07, 6.45) is -4.55. The van der Waals surface area contributed by atoms with Gasteiger partial charge in [-0.25, -0.2) is 8.42 Å². The minimum Gasteiger partial charge on any atom is -0.468 e. The Morgan fingerprint density at radius 1 is 0.939 bits per heavy atom. The van der Waals surface area contributed by atoms with Crippen LogP contribution in [0.25, 0.3) is 0 Å². The number of carbonyl (C=O) groups excluding carboxylic acids is 1. The van der Waals surface area contributed by atoms with Gasteiger partial charge in [0, 0.05) is 0 Å². The van der Waals surface area contributed by atoms with Crippen LogP contribution in [0.2, 0.25) is 0 Å². The third-order valence-corrected chi connectivity index (χ3v) is 7.50. The van der Waals surface area contributed by atoms with Crippen LogP contribution in [-0.4, -0.2) is 21.5 Å². The minimum absolute atomic E-state index is 0.00494. The van der Waals surface area contributed by atoms with Crippen LogP contribution in [0.1, 0.15) is 34.2 Å². The van der Waals surface area contributed by atoms with Crippen molar-refractivity contribution in [2.75, 3.05) is 11.4 Å². The molecule has 9 heteroatoms. The number of rotatable bonds is 4. The summed E-state index contributed by atoms with van der Waals surface area (Å²) in [5.74, 6) is -1.74. The average molecular weight is 475 g/mol. The first-order valence-electron chi connectivity index (χ1n) is 10.0. The fourth-order valence-electron chi connectivity index (χ4n) is 4.09. The number of ether oxygens (including phenoxy) is 1. The molecule has 0 unspecified atom stereocenters. The monoisotopic (exact) mass is 475 g/mol. The van der Waals surface area contributed by atoms with Crippen LogP contribution < -0.4 is 4.31 Å². The molecule has 0 radical (unpaired) electrons. The van der Waals surface area contributed by atoms with Gasteiger partial charge < -0.3 is 4.74 Å². The summed E-state index contributed by atoms with van der Waals surface area (Å²) < 4.78 is 72.9. The molecule has 2 atom stereocenters. The fraction of sp³-hybridized carbons (Fsp3) is 0.208. The zero-order valence-electron chi connectivity index (χ0n) is 17.7. The van der Waals surface area contributed by atoms with Crippen LogP contribution in [0.5, 0.6) is 0 Å². The second-order valence-corrected chi connectivity index (χ2v) is 9.55. The number of nitrogens with zero attached hydrogens (tertiary/aromatic N) is 1. The molecule has 0 aromatic heterocycles. The van der Waals surface area contributed by atoms with Crippen LogP contribution in [0.4, 0.5) is 18.9 Å². The number of aryl methyl sites for hydroxylation is 1. The highest BCUT2D eigenvalue weighted by molar-refractivity contribution is 7.92. The number of esters is 1. The molecule has 4 rings (SSSR count). The van der Waals surface area contributed by atoms with E-state index in [1.807, 2.05) is 6.92 Å². The predicted molar refractivity (Wildman–Crippen MR) is 116 cm³/mol. The summed E-state index contributed by atoms with van der Waals surface area (Å²) in [4.78, 5) is 12.8. The number of para-hydroxylation sites is 1. The molecular weight excluding hydrogens is 455 g/mol. The topological polar surface area (TPSA) is 63.7 Å². The Balaban J connectivity index is 1.93. The molecule has 33 heavy (non-hydrogen) atoms. The maximum absolute atomic E-state index is 13.8. The third-order valence-electron chi connectivity index (χ3n) is 5.69. The van der Waals surface area contributed by atoms with Gasteiger partial charge in [0.1, 0.15) is 5.92 Å². The maximum Gasteiger partial charge on any atom is 0.416 e. The molecular formula is C24H20F3NO4S. The summed E-state index contributed by atoms with van der Waals surface area (Å²) in [7, 11) is -2.99. The Labute approximate surface area is 189 Å². The molecule has 0 aliphatic carbocycles. The van der Waals surface area contributed by atoms with Crippen LogP contribution in [0.15, 0.2) is 77.7 Å². The second-order valence-electron chi connectivity index (χ2n) is 7.74. The van der Waals surface area contributed by atoms with Gasteiger partial charge in [0.25, 0.3) is 10.0 Å². The lowest BCUT2D eigenvalue weighted by molar-refractivity contribution is -0.143. The molecule has 0 saturated heterocycles. The average Bonchev–Trinajstić information content (AvgIpc) is 3.14. The minimum atomic E-state index is -4.55. The molecule has 3 aromatic carbocycles. The van der Waals surface area contributed by atoms with Crippen LogP contribution in [0.3, 0.4) is 0 Å². The molecule has 3 aromatic rings. The number of carbonyl (C=O) groups is 1. The van der Waals surface area contributed by atoms with E-state index in [0.717, 1.165) is 22.0 Å². The Morgan fingerprint density at radius 2 is 1.55 bits per heavy atom. The van der Waals surface area contributed by atoms with E-state index in [0.29, 0.717) is 5.56 Å². The summed E-state index contributed by atoms with van der Waals surface area (Å²) in [5, 5.41) is 0. The van der Waals surface area contributed by atoms with Crippen LogP contribution in [-0.2, 0) is 25.7 Å². The number of anilines is 1.